The van der Waals surface area contributed by atoms with Crippen molar-refractivity contribution >= 4 is 17.8 Å². The molecule has 0 radical (unpaired) electrons. The summed E-state index contributed by atoms with van der Waals surface area (Å²) in [4.78, 5) is 37.3. The second-order valence-electron chi connectivity index (χ2n) is 9.05. The first-order valence-electron chi connectivity index (χ1n) is 12.2. The average Bonchev–Trinajstić information content (AvgIpc) is 2.91. The summed E-state index contributed by atoms with van der Waals surface area (Å²) in [5, 5.41) is 14.3. The monoisotopic (exact) mass is 570 g/mol. The molecule has 0 bridgehead atoms. The van der Waals surface area contributed by atoms with E-state index in [0.717, 1.165) is 23.3 Å². The number of aryl methyl sites for hydroxylation is 1. The molecule has 11 heteroatoms. The minimum Gasteiger partial charge on any atom is -0.478 e. The topological polar surface area (TPSA) is 136 Å². The van der Waals surface area contributed by atoms with Gasteiger partial charge in [0.25, 0.3) is 5.91 Å². The first-order valence-corrected chi connectivity index (χ1v) is 12.2. The first-order chi connectivity index (χ1) is 19.0. The molecule has 216 valence electrons. The molecular weight excluding hydrogens is 541 g/mol. The van der Waals surface area contributed by atoms with Crippen molar-refractivity contribution in [3.63, 3.8) is 0 Å². The van der Waals surface area contributed by atoms with Crippen LogP contribution >= 0.6 is 0 Å². The number of benzene rings is 3. The Labute approximate surface area is 234 Å². The second kappa shape index (κ2) is 14.6. The van der Waals surface area contributed by atoms with Crippen LogP contribution in [0.1, 0.15) is 43.0 Å². The van der Waals surface area contributed by atoms with Crippen molar-refractivity contribution < 1.29 is 42.9 Å². The van der Waals surface area contributed by atoms with Crippen LogP contribution in [0.15, 0.2) is 72.8 Å². The van der Waals surface area contributed by atoms with Crippen molar-refractivity contribution in [1.82, 2.24) is 10.6 Å². The standard InChI is InChI=1S/C30H27F3N2O5.H2O/c1-3-25(18-40-17-21-9-5-11-23(14-21)29(38)39)34-28(37)26(15-20-8-4-7-19(2)13-20)35-27(36)22-10-6-12-24(16-22)30(31,32)33;/h1,4-14,16,25-26H,15,17-18H2,2H3,(H,34,37)(H,35,36)(H,38,39);1H2/t25-,26+;/m1./s1. The number of hydrogen-bond acceptors (Lipinski definition) is 4. The molecule has 0 aliphatic rings. The van der Waals surface area contributed by atoms with Gasteiger partial charge in [-0.05, 0) is 48.4 Å². The number of hydrogen-bond donors (Lipinski definition) is 3. The van der Waals surface area contributed by atoms with Crippen molar-refractivity contribution in [3.05, 3.63) is 106 Å². The van der Waals surface area contributed by atoms with Gasteiger partial charge in [-0.2, -0.15) is 13.2 Å². The summed E-state index contributed by atoms with van der Waals surface area (Å²) in [5.41, 5.74) is 1.08. The third kappa shape index (κ3) is 9.79. The summed E-state index contributed by atoms with van der Waals surface area (Å²) in [7, 11) is 0. The van der Waals surface area contributed by atoms with Crippen LogP contribution in [0.2, 0.25) is 0 Å². The Morgan fingerprint density at radius 3 is 2.27 bits per heavy atom. The molecule has 0 heterocycles. The average molecular weight is 571 g/mol. The summed E-state index contributed by atoms with van der Waals surface area (Å²) in [6.45, 7) is 1.78. The van der Waals surface area contributed by atoms with E-state index in [1.165, 1.54) is 18.2 Å². The SMILES string of the molecule is C#C[C@H](COCc1cccc(C(=O)O)c1)NC(=O)[C@H](Cc1cccc(C)c1)NC(=O)c1cccc(C(F)(F)F)c1.O. The van der Waals surface area contributed by atoms with E-state index in [1.54, 1.807) is 24.3 Å². The fraction of sp³-hybridized carbons (Fsp3) is 0.233. The number of ether oxygens (including phenoxy) is 1. The Bertz CT molecular complexity index is 1420. The molecule has 3 rings (SSSR count). The number of carboxylic acids is 1. The molecule has 2 atom stereocenters. The number of terminal acetylenes is 1. The van der Waals surface area contributed by atoms with Gasteiger partial charge in [0, 0.05) is 12.0 Å². The maximum absolute atomic E-state index is 13.2. The highest BCUT2D eigenvalue weighted by atomic mass is 19.4. The Hall–Kier alpha value is -4.66. The van der Waals surface area contributed by atoms with Crippen LogP contribution in [0.4, 0.5) is 13.2 Å². The lowest BCUT2D eigenvalue weighted by Gasteiger charge is -2.22. The third-order valence-electron chi connectivity index (χ3n) is 5.84. The van der Waals surface area contributed by atoms with Crippen LogP contribution in [0.25, 0.3) is 0 Å². The zero-order valence-electron chi connectivity index (χ0n) is 22.0. The fourth-order valence-electron chi connectivity index (χ4n) is 3.85. The van der Waals surface area contributed by atoms with Crippen molar-refractivity contribution in [2.75, 3.05) is 6.61 Å². The van der Waals surface area contributed by atoms with Crippen LogP contribution in [0.5, 0.6) is 0 Å². The summed E-state index contributed by atoms with van der Waals surface area (Å²) >= 11 is 0. The number of nitrogens with one attached hydrogen (secondary N) is 2. The number of carboxylic acid groups (broad SMARTS) is 1. The molecule has 2 amide bonds. The minimum atomic E-state index is -4.64. The first kappa shape index (κ1) is 32.6. The maximum Gasteiger partial charge on any atom is 0.416 e. The quantitative estimate of drug-likeness (QED) is 0.303. The molecule has 0 saturated carbocycles. The second-order valence-corrected chi connectivity index (χ2v) is 9.05. The van der Waals surface area contributed by atoms with Crippen molar-refractivity contribution in [1.29, 1.82) is 0 Å². The Balaban J connectivity index is 0.00000588. The summed E-state index contributed by atoms with van der Waals surface area (Å²) < 4.78 is 45.0. The molecule has 0 aliphatic carbocycles. The maximum atomic E-state index is 13.2. The largest absolute Gasteiger partial charge is 0.478 e. The zero-order valence-corrected chi connectivity index (χ0v) is 22.0. The molecule has 0 aliphatic heterocycles. The van der Waals surface area contributed by atoms with E-state index >= 15 is 0 Å². The number of rotatable bonds is 11. The Kier molecular flexibility index (Phi) is 11.6. The molecule has 0 aromatic heterocycles. The summed E-state index contributed by atoms with van der Waals surface area (Å²) in [6, 6.07) is 15.2. The predicted octanol–water partition coefficient (Wildman–Crippen LogP) is 3.56. The number of amides is 2. The lowest BCUT2D eigenvalue weighted by atomic mass is 10.0. The number of carbonyl (C=O) groups is 3. The molecule has 8 nitrogen and oxygen atoms in total. The van der Waals surface area contributed by atoms with Gasteiger partial charge in [-0.1, -0.05) is 53.9 Å². The van der Waals surface area contributed by atoms with Crippen LogP contribution in [0, 0.1) is 19.3 Å². The predicted molar refractivity (Wildman–Crippen MR) is 145 cm³/mol. The minimum absolute atomic E-state index is 0. The van der Waals surface area contributed by atoms with Crippen molar-refractivity contribution in [3.8, 4) is 12.3 Å². The van der Waals surface area contributed by atoms with Gasteiger partial charge >= 0.3 is 12.1 Å². The van der Waals surface area contributed by atoms with Gasteiger partial charge in [0.05, 0.1) is 24.3 Å². The van der Waals surface area contributed by atoms with Gasteiger partial charge < -0.3 is 26.0 Å². The van der Waals surface area contributed by atoms with Crippen LogP contribution in [0.3, 0.4) is 0 Å². The number of aromatic carboxylic acids is 1. The van der Waals surface area contributed by atoms with Gasteiger partial charge in [-0.25, -0.2) is 4.79 Å². The van der Waals surface area contributed by atoms with E-state index in [0.29, 0.717) is 11.6 Å². The normalized spacial score (nSPS) is 12.3. The van der Waals surface area contributed by atoms with Gasteiger partial charge in [0.15, 0.2) is 0 Å². The summed E-state index contributed by atoms with van der Waals surface area (Å²) in [6.07, 6.45) is 0.989. The molecule has 41 heavy (non-hydrogen) atoms. The van der Waals surface area contributed by atoms with Crippen LogP contribution in [-0.4, -0.2) is 47.1 Å². The van der Waals surface area contributed by atoms with Crippen LogP contribution in [-0.2, 0) is 28.7 Å². The lowest BCUT2D eigenvalue weighted by Crippen LogP contribution is -2.51. The van der Waals surface area contributed by atoms with Gasteiger partial charge in [-0.15, -0.1) is 6.42 Å². The number of halogens is 3. The fourth-order valence-corrected chi connectivity index (χ4v) is 3.85. The summed E-state index contributed by atoms with van der Waals surface area (Å²) in [5.74, 6) is -0.191. The van der Waals surface area contributed by atoms with Gasteiger partial charge in [0.2, 0.25) is 5.91 Å². The third-order valence-corrected chi connectivity index (χ3v) is 5.84. The van der Waals surface area contributed by atoms with Gasteiger partial charge in [-0.3, -0.25) is 9.59 Å². The molecule has 3 aromatic carbocycles. The highest BCUT2D eigenvalue weighted by Crippen LogP contribution is 2.29. The van der Waals surface area contributed by atoms with E-state index in [1.807, 2.05) is 19.1 Å². The molecule has 0 unspecified atom stereocenters. The van der Waals surface area contributed by atoms with E-state index < -0.39 is 41.6 Å². The van der Waals surface area contributed by atoms with Gasteiger partial charge in [0.1, 0.15) is 12.1 Å². The van der Waals surface area contributed by atoms with Crippen molar-refractivity contribution in [2.45, 2.75) is 38.2 Å². The van der Waals surface area contributed by atoms with E-state index in [2.05, 4.69) is 16.6 Å². The van der Waals surface area contributed by atoms with E-state index in [-0.39, 0.29) is 36.2 Å². The number of alkyl halides is 3. The van der Waals surface area contributed by atoms with Crippen LogP contribution < -0.4 is 10.6 Å². The smallest absolute Gasteiger partial charge is 0.416 e. The van der Waals surface area contributed by atoms with Crippen molar-refractivity contribution in [2.24, 2.45) is 0 Å². The molecule has 0 saturated heterocycles. The Morgan fingerprint density at radius 2 is 1.61 bits per heavy atom. The highest BCUT2D eigenvalue weighted by molar-refractivity contribution is 5.98. The molecular formula is C30H29F3N2O6. The molecule has 5 N–H and O–H groups in total. The van der Waals surface area contributed by atoms with E-state index in [9.17, 15) is 27.6 Å². The zero-order chi connectivity index (χ0) is 29.3. The lowest BCUT2D eigenvalue weighted by molar-refractivity contribution is -0.137. The molecule has 0 fully saturated rings. The molecule has 0 spiro atoms. The number of carbonyl (C=O) groups excluding carboxylic acids is 2. The molecule has 3 aromatic rings. The Morgan fingerprint density at radius 1 is 0.951 bits per heavy atom. The van der Waals surface area contributed by atoms with E-state index in [4.69, 9.17) is 16.3 Å². The highest BCUT2D eigenvalue weighted by Gasteiger charge is 2.31.